The van der Waals surface area contributed by atoms with Crippen molar-refractivity contribution in [2.45, 2.75) is 0 Å². The first-order valence-corrected chi connectivity index (χ1v) is 18.4. The molecule has 8 aromatic carbocycles. The van der Waals surface area contributed by atoms with Crippen LogP contribution < -0.4 is 0 Å². The largest absolute Gasteiger partial charge is 0.456 e. The van der Waals surface area contributed by atoms with E-state index in [0.29, 0.717) is 17.5 Å². The fraction of sp³-hybridized carbons (Fsp3) is 0. The Labute approximate surface area is 313 Å². The second-order valence-corrected chi connectivity index (χ2v) is 14.0. The standard InChI is InChI=1S/C49H28N4O2/c1-2-12-29(13-3-1)47-50-48(32-22-24-43-38(27-32)34-17-7-10-20-41(34)54-43)52-49(51-47)36-23-25-44-45(35-18-8-11-21-42(35)55-44)46(36)53-39-19-9-6-16-33(39)37-26-30-14-4-5-15-31(30)28-40(37)53/h1-28H. The number of hydrogen-bond acceptors (Lipinski definition) is 5. The van der Waals surface area contributed by atoms with Crippen LogP contribution in [0.5, 0.6) is 0 Å². The number of benzene rings is 8. The molecular formula is C49H28N4O2. The Kier molecular flexibility index (Phi) is 6.24. The van der Waals surface area contributed by atoms with Gasteiger partial charge in [-0.1, -0.05) is 109 Å². The summed E-state index contributed by atoms with van der Waals surface area (Å²) in [6, 6.07) is 58.6. The number of para-hydroxylation sites is 3. The van der Waals surface area contributed by atoms with E-state index in [0.717, 1.165) is 77.3 Å². The molecule has 4 aromatic heterocycles. The van der Waals surface area contributed by atoms with Gasteiger partial charge in [0.1, 0.15) is 22.3 Å². The molecule has 6 heteroatoms. The lowest BCUT2D eigenvalue weighted by atomic mass is 10.0. The molecule has 0 saturated carbocycles. The predicted octanol–water partition coefficient (Wildman–Crippen LogP) is 12.9. The molecule has 0 amide bonds. The van der Waals surface area contributed by atoms with E-state index >= 15 is 0 Å². The Balaban J connectivity index is 1.21. The normalized spacial score (nSPS) is 12.0. The highest BCUT2D eigenvalue weighted by atomic mass is 16.3. The summed E-state index contributed by atoms with van der Waals surface area (Å²) >= 11 is 0. The van der Waals surface area contributed by atoms with Crippen molar-refractivity contribution >= 4 is 76.5 Å². The van der Waals surface area contributed by atoms with Gasteiger partial charge in [-0.05, 0) is 71.4 Å². The Morgan fingerprint density at radius 3 is 1.80 bits per heavy atom. The van der Waals surface area contributed by atoms with Crippen LogP contribution in [0.3, 0.4) is 0 Å². The number of nitrogens with zero attached hydrogens (tertiary/aromatic N) is 4. The van der Waals surface area contributed by atoms with Crippen molar-refractivity contribution in [1.29, 1.82) is 0 Å². The van der Waals surface area contributed by atoms with Gasteiger partial charge in [-0.2, -0.15) is 0 Å². The van der Waals surface area contributed by atoms with Crippen molar-refractivity contribution in [3.8, 4) is 39.9 Å². The summed E-state index contributed by atoms with van der Waals surface area (Å²) in [6.45, 7) is 0. The van der Waals surface area contributed by atoms with E-state index in [-0.39, 0.29) is 0 Å². The lowest BCUT2D eigenvalue weighted by molar-refractivity contribution is 0.668. The minimum Gasteiger partial charge on any atom is -0.456 e. The van der Waals surface area contributed by atoms with Gasteiger partial charge in [0.2, 0.25) is 0 Å². The van der Waals surface area contributed by atoms with Crippen LogP contribution in [0.4, 0.5) is 0 Å². The Morgan fingerprint density at radius 1 is 0.364 bits per heavy atom. The van der Waals surface area contributed by atoms with Crippen LogP contribution in [0.15, 0.2) is 179 Å². The van der Waals surface area contributed by atoms with Crippen molar-refractivity contribution in [1.82, 2.24) is 19.5 Å². The van der Waals surface area contributed by atoms with Crippen molar-refractivity contribution in [3.63, 3.8) is 0 Å². The van der Waals surface area contributed by atoms with Crippen molar-refractivity contribution in [2.24, 2.45) is 0 Å². The average molecular weight is 705 g/mol. The quantitative estimate of drug-likeness (QED) is 0.182. The molecule has 256 valence electrons. The fourth-order valence-electron chi connectivity index (χ4n) is 8.31. The molecular weight excluding hydrogens is 677 g/mol. The van der Waals surface area contributed by atoms with Crippen LogP contribution in [0.1, 0.15) is 0 Å². The first-order valence-electron chi connectivity index (χ1n) is 18.4. The zero-order valence-corrected chi connectivity index (χ0v) is 29.3. The van der Waals surface area contributed by atoms with Gasteiger partial charge in [-0.15, -0.1) is 0 Å². The monoisotopic (exact) mass is 704 g/mol. The summed E-state index contributed by atoms with van der Waals surface area (Å²) in [6.07, 6.45) is 0. The number of rotatable bonds is 4. The second kappa shape index (κ2) is 11.5. The maximum Gasteiger partial charge on any atom is 0.166 e. The molecule has 0 bridgehead atoms. The highest BCUT2D eigenvalue weighted by Gasteiger charge is 2.24. The van der Waals surface area contributed by atoms with Crippen LogP contribution >= 0.6 is 0 Å². The molecule has 0 unspecified atom stereocenters. The van der Waals surface area contributed by atoms with Gasteiger partial charge in [0.25, 0.3) is 0 Å². The molecule has 0 saturated heterocycles. The van der Waals surface area contributed by atoms with Crippen molar-refractivity contribution in [3.05, 3.63) is 170 Å². The molecule has 0 N–H and O–H groups in total. The second-order valence-electron chi connectivity index (χ2n) is 14.0. The molecule has 0 fully saturated rings. The molecule has 0 aliphatic heterocycles. The molecule has 12 aromatic rings. The Bertz CT molecular complexity index is 3500. The predicted molar refractivity (Wildman–Crippen MR) is 223 cm³/mol. The maximum absolute atomic E-state index is 6.56. The summed E-state index contributed by atoms with van der Waals surface area (Å²) < 4.78 is 15.1. The lowest BCUT2D eigenvalue weighted by Gasteiger charge is -2.16. The van der Waals surface area contributed by atoms with Gasteiger partial charge < -0.3 is 13.4 Å². The zero-order chi connectivity index (χ0) is 36.0. The van der Waals surface area contributed by atoms with Gasteiger partial charge in [0.05, 0.1) is 22.1 Å². The molecule has 4 heterocycles. The van der Waals surface area contributed by atoms with E-state index < -0.39 is 0 Å². The molecule has 12 rings (SSSR count). The molecule has 0 radical (unpaired) electrons. The zero-order valence-electron chi connectivity index (χ0n) is 29.3. The summed E-state index contributed by atoms with van der Waals surface area (Å²) in [4.78, 5) is 15.7. The van der Waals surface area contributed by atoms with Crippen LogP contribution in [0.2, 0.25) is 0 Å². The van der Waals surface area contributed by atoms with Crippen molar-refractivity contribution < 1.29 is 8.83 Å². The SMILES string of the molecule is c1ccc(-c2nc(-c3ccc4oc5ccccc5c4c3)nc(-c3ccc4oc5ccccc5c4c3-n3c4ccccc4c4cc5ccccc5cc43)n2)cc1. The number of furan rings is 2. The minimum absolute atomic E-state index is 0.565. The molecule has 0 spiro atoms. The van der Waals surface area contributed by atoms with E-state index in [2.05, 4.69) is 95.6 Å². The molecule has 6 nitrogen and oxygen atoms in total. The van der Waals surface area contributed by atoms with E-state index in [1.54, 1.807) is 0 Å². The third kappa shape index (κ3) is 4.52. The smallest absolute Gasteiger partial charge is 0.166 e. The number of aromatic nitrogens is 4. The molecule has 0 aliphatic carbocycles. The highest BCUT2D eigenvalue weighted by Crippen LogP contribution is 2.44. The first kappa shape index (κ1) is 29.9. The van der Waals surface area contributed by atoms with Crippen LogP contribution in [0, 0.1) is 0 Å². The molecule has 0 aliphatic rings. The van der Waals surface area contributed by atoms with Crippen LogP contribution in [-0.2, 0) is 0 Å². The third-order valence-corrected chi connectivity index (χ3v) is 10.8. The summed E-state index contributed by atoms with van der Waals surface area (Å²) in [5, 5.41) is 8.79. The third-order valence-electron chi connectivity index (χ3n) is 10.8. The summed E-state index contributed by atoms with van der Waals surface area (Å²) in [5.41, 5.74) is 9.06. The Hall–Kier alpha value is -7.57. The summed E-state index contributed by atoms with van der Waals surface area (Å²) in [7, 11) is 0. The Morgan fingerprint density at radius 2 is 0.964 bits per heavy atom. The summed E-state index contributed by atoms with van der Waals surface area (Å²) in [5.74, 6) is 1.73. The van der Waals surface area contributed by atoms with Gasteiger partial charge in [-0.25, -0.2) is 15.0 Å². The first-order chi connectivity index (χ1) is 27.2. The van der Waals surface area contributed by atoms with Gasteiger partial charge in [0.15, 0.2) is 17.5 Å². The number of fused-ring (bicyclic) bond motifs is 10. The van der Waals surface area contributed by atoms with E-state index in [4.69, 9.17) is 23.8 Å². The van der Waals surface area contributed by atoms with Gasteiger partial charge >= 0.3 is 0 Å². The molecule has 55 heavy (non-hydrogen) atoms. The van der Waals surface area contributed by atoms with Gasteiger partial charge in [-0.3, -0.25) is 0 Å². The van der Waals surface area contributed by atoms with Gasteiger partial charge in [0, 0.05) is 43.6 Å². The lowest BCUT2D eigenvalue weighted by Crippen LogP contribution is -2.04. The topological polar surface area (TPSA) is 69.9 Å². The number of hydrogen-bond donors (Lipinski definition) is 0. The van der Waals surface area contributed by atoms with E-state index in [1.807, 2.05) is 78.9 Å². The van der Waals surface area contributed by atoms with Crippen LogP contribution in [0.25, 0.3) is 116 Å². The molecule has 0 atom stereocenters. The van der Waals surface area contributed by atoms with Crippen LogP contribution in [-0.4, -0.2) is 19.5 Å². The fourth-order valence-corrected chi connectivity index (χ4v) is 8.31. The van der Waals surface area contributed by atoms with E-state index in [1.165, 1.54) is 21.5 Å². The average Bonchev–Trinajstić information content (AvgIpc) is 3.92. The van der Waals surface area contributed by atoms with Crippen molar-refractivity contribution in [2.75, 3.05) is 0 Å². The minimum atomic E-state index is 0.565. The van der Waals surface area contributed by atoms with E-state index in [9.17, 15) is 0 Å². The highest BCUT2D eigenvalue weighted by molar-refractivity contribution is 6.18. The maximum atomic E-state index is 6.56.